The molecular formula is C45H46Cl2N3O8+. The number of rotatable bonds is 15. The number of carboxylic acid groups (broad SMARTS) is 1. The van der Waals surface area contributed by atoms with Gasteiger partial charge in [0.05, 0.1) is 26.2 Å². The largest absolute Gasteiger partial charge is 0.493 e. The Labute approximate surface area is 347 Å². The third kappa shape index (κ3) is 9.44. The molecule has 0 radical (unpaired) electrons. The number of amides is 1. The fourth-order valence-corrected chi connectivity index (χ4v) is 8.78. The number of hydrogen-bond donors (Lipinski definition) is 3. The highest BCUT2D eigenvalue weighted by Crippen LogP contribution is 2.42. The second kappa shape index (κ2) is 18.4. The number of hydrogen-bond acceptors (Lipinski definition) is 8. The Bertz CT molecular complexity index is 2210. The summed E-state index contributed by atoms with van der Waals surface area (Å²) in [5, 5.41) is 24.4. The van der Waals surface area contributed by atoms with Gasteiger partial charge in [-0.3, -0.25) is 14.9 Å². The Balaban J connectivity index is 1.13. The van der Waals surface area contributed by atoms with Crippen LogP contribution in [0, 0.1) is 5.92 Å². The number of carbonyl (C=O) groups is 2. The molecule has 11 nitrogen and oxygen atoms in total. The van der Waals surface area contributed by atoms with Gasteiger partial charge in [-0.1, -0.05) is 96.0 Å². The highest BCUT2D eigenvalue weighted by atomic mass is 35.5. The Morgan fingerprint density at radius 3 is 2.19 bits per heavy atom. The molecule has 1 amide bonds. The van der Waals surface area contributed by atoms with Gasteiger partial charge in [-0.15, -0.1) is 0 Å². The van der Waals surface area contributed by atoms with Gasteiger partial charge in [-0.05, 0) is 90.4 Å². The van der Waals surface area contributed by atoms with Crippen LogP contribution in [-0.2, 0) is 22.6 Å². The van der Waals surface area contributed by atoms with E-state index in [0.29, 0.717) is 39.9 Å². The second-order valence-electron chi connectivity index (χ2n) is 14.7. The maximum atomic E-state index is 13.4. The summed E-state index contributed by atoms with van der Waals surface area (Å²) in [7, 11) is 3.04. The average Bonchev–Trinajstić information content (AvgIpc) is 3.23. The van der Waals surface area contributed by atoms with Crippen molar-refractivity contribution in [3.63, 3.8) is 0 Å². The lowest BCUT2D eigenvalue weighted by atomic mass is 9.77. The topological polar surface area (TPSA) is 131 Å². The molecule has 1 aromatic heterocycles. The van der Waals surface area contributed by atoms with Crippen LogP contribution in [0.3, 0.4) is 0 Å². The van der Waals surface area contributed by atoms with Crippen molar-refractivity contribution in [2.24, 2.45) is 5.92 Å². The highest BCUT2D eigenvalue weighted by molar-refractivity contribution is 6.35. The van der Waals surface area contributed by atoms with Gasteiger partial charge in [0.2, 0.25) is 12.4 Å². The zero-order valence-corrected chi connectivity index (χ0v) is 33.7. The molecule has 3 N–H and O–H groups in total. The normalized spacial score (nSPS) is 18.7. The predicted molar refractivity (Wildman–Crippen MR) is 218 cm³/mol. The SMILES string of the molecule is COc1ccc([C@@H](Cc2c(Cl)c[n+](O)cc2Cl)C(C(=O)O)c2cccc(COc3cccc([C@@H](NC(=O)O[C@H]4CN5CCC4CC5)c4ccccc4)c3)c2)cc1OC. The summed E-state index contributed by atoms with van der Waals surface area (Å²) >= 11 is 13.1. The number of aromatic nitrogens is 1. The first-order chi connectivity index (χ1) is 28.1. The fourth-order valence-electron chi connectivity index (χ4n) is 8.18. The molecule has 8 rings (SSSR count). The predicted octanol–water partition coefficient (Wildman–Crippen LogP) is 8.22. The van der Waals surface area contributed by atoms with Crippen molar-refractivity contribution in [3.8, 4) is 17.2 Å². The van der Waals surface area contributed by atoms with Crippen LogP contribution >= 0.6 is 23.2 Å². The number of nitrogens with zero attached hydrogens (tertiary/aromatic N) is 2. The lowest BCUT2D eigenvalue weighted by Crippen LogP contribution is -2.52. The van der Waals surface area contributed by atoms with Gasteiger partial charge in [0.15, 0.2) is 11.5 Å². The van der Waals surface area contributed by atoms with Crippen molar-refractivity contribution in [3.05, 3.63) is 153 Å². The molecule has 5 aromatic rings. The number of ether oxygens (including phenoxy) is 4. The number of benzene rings is 4. The summed E-state index contributed by atoms with van der Waals surface area (Å²) in [4.78, 5) is 29.0. The van der Waals surface area contributed by atoms with Crippen molar-refractivity contribution in [1.29, 1.82) is 0 Å². The molecular weight excluding hydrogens is 781 g/mol. The molecule has 4 aromatic carbocycles. The maximum Gasteiger partial charge on any atom is 0.408 e. The van der Waals surface area contributed by atoms with Crippen LogP contribution in [0.25, 0.3) is 0 Å². The molecule has 3 fully saturated rings. The quantitative estimate of drug-likeness (QED) is 0.0706. The van der Waals surface area contributed by atoms with E-state index in [-0.39, 0.29) is 29.2 Å². The molecule has 3 aliphatic heterocycles. The van der Waals surface area contributed by atoms with Gasteiger partial charge < -0.3 is 29.4 Å². The Morgan fingerprint density at radius 1 is 0.828 bits per heavy atom. The van der Waals surface area contributed by atoms with E-state index in [1.165, 1.54) is 26.6 Å². The van der Waals surface area contributed by atoms with E-state index in [4.69, 9.17) is 42.1 Å². The number of methoxy groups -OCH3 is 2. The number of fused-ring (bicyclic) bond motifs is 3. The van der Waals surface area contributed by atoms with Crippen molar-refractivity contribution < 1.29 is 43.6 Å². The summed E-state index contributed by atoms with van der Waals surface area (Å²) in [6.45, 7) is 3.02. The molecule has 4 heterocycles. The van der Waals surface area contributed by atoms with E-state index < -0.39 is 29.9 Å². The summed E-state index contributed by atoms with van der Waals surface area (Å²) < 4.78 is 24.1. The third-order valence-corrected chi connectivity index (χ3v) is 11.8. The number of piperidine rings is 3. The van der Waals surface area contributed by atoms with Gasteiger partial charge in [-0.25, -0.2) is 4.79 Å². The van der Waals surface area contributed by atoms with Crippen LogP contribution < -0.4 is 24.3 Å². The Kier molecular flexibility index (Phi) is 12.9. The van der Waals surface area contributed by atoms with Gasteiger partial charge in [0, 0.05) is 22.8 Å². The van der Waals surface area contributed by atoms with E-state index in [0.717, 1.165) is 53.9 Å². The van der Waals surface area contributed by atoms with Crippen LogP contribution in [0.15, 0.2) is 109 Å². The van der Waals surface area contributed by atoms with Gasteiger partial charge in [0.25, 0.3) is 0 Å². The fraction of sp³-hybridized carbons (Fsp3) is 0.311. The van der Waals surface area contributed by atoms with E-state index >= 15 is 0 Å². The van der Waals surface area contributed by atoms with Crippen LogP contribution in [-0.4, -0.2) is 67.2 Å². The molecule has 58 heavy (non-hydrogen) atoms. The van der Waals surface area contributed by atoms with E-state index in [2.05, 4.69) is 10.2 Å². The van der Waals surface area contributed by atoms with Crippen LogP contribution in [0.1, 0.15) is 64.1 Å². The summed E-state index contributed by atoms with van der Waals surface area (Å²) in [6, 6.07) is 29.4. The smallest absolute Gasteiger partial charge is 0.408 e. The molecule has 0 aliphatic carbocycles. The number of carbonyl (C=O) groups excluding carboxylic acids is 1. The molecule has 0 spiro atoms. The molecule has 302 valence electrons. The van der Waals surface area contributed by atoms with Gasteiger partial charge >= 0.3 is 12.1 Å². The lowest BCUT2D eigenvalue weighted by molar-refractivity contribution is -0.904. The van der Waals surface area contributed by atoms with Crippen molar-refractivity contribution in [1.82, 2.24) is 10.2 Å². The zero-order chi connectivity index (χ0) is 40.8. The zero-order valence-electron chi connectivity index (χ0n) is 32.2. The third-order valence-electron chi connectivity index (χ3n) is 11.2. The highest BCUT2D eigenvalue weighted by Gasteiger charge is 2.37. The standard InChI is InChI=1S/C45H45Cl2N3O8/c1-55-39-15-14-31(22-40(39)56-2)35(23-36-37(46)24-50(54)25-38(36)47)42(44(51)52)32-11-6-8-28(20-32)27-57-34-13-7-12-33(21-34)43(30-9-4-3-5-10-30)48-45(53)58-41-26-49-18-16-29(41)17-19-49/h3-15,20-22,24-25,29,35,41-43H,16-19,23,26-27H2,1-2H3,(H2-,48,51,52,53,54)/p+1/t35-,41+,42?,43+/m1/s1. The summed E-state index contributed by atoms with van der Waals surface area (Å²) in [5.74, 6) is -0.913. The van der Waals surface area contributed by atoms with Crippen LogP contribution in [0.2, 0.25) is 10.0 Å². The second-order valence-corrected chi connectivity index (χ2v) is 15.5. The monoisotopic (exact) mass is 826 g/mol. The number of halogens is 2. The molecule has 4 atom stereocenters. The number of nitrogens with one attached hydrogen (secondary N) is 1. The minimum Gasteiger partial charge on any atom is -0.493 e. The van der Waals surface area contributed by atoms with Crippen LogP contribution in [0.4, 0.5) is 4.79 Å². The summed E-state index contributed by atoms with van der Waals surface area (Å²) in [5.41, 5.74) is 4.14. The number of alkyl carbamates (subject to hydrolysis) is 1. The summed E-state index contributed by atoms with van der Waals surface area (Å²) in [6.07, 6.45) is 4.24. The van der Waals surface area contributed by atoms with Crippen molar-refractivity contribution >= 4 is 35.3 Å². The van der Waals surface area contributed by atoms with Gasteiger partial charge in [-0.2, -0.15) is 0 Å². The van der Waals surface area contributed by atoms with Crippen molar-refractivity contribution in [2.45, 2.75) is 49.9 Å². The molecule has 1 unspecified atom stereocenters. The Morgan fingerprint density at radius 2 is 1.52 bits per heavy atom. The molecule has 2 bridgehead atoms. The number of aliphatic carboxylic acids is 1. The van der Waals surface area contributed by atoms with Gasteiger partial charge in [0.1, 0.15) is 28.5 Å². The first-order valence-electron chi connectivity index (χ1n) is 19.2. The number of carboxylic acids is 1. The molecule has 3 saturated heterocycles. The van der Waals surface area contributed by atoms with Crippen molar-refractivity contribution in [2.75, 3.05) is 33.9 Å². The molecule has 0 saturated carbocycles. The van der Waals surface area contributed by atoms with E-state index in [1.807, 2.05) is 66.7 Å². The average molecular weight is 828 g/mol. The number of pyridine rings is 1. The first kappa shape index (κ1) is 40.7. The lowest BCUT2D eigenvalue weighted by Gasteiger charge is -2.43. The molecule has 13 heteroatoms. The molecule has 3 aliphatic rings. The first-order valence-corrected chi connectivity index (χ1v) is 19.9. The van der Waals surface area contributed by atoms with E-state index in [1.54, 1.807) is 30.3 Å². The minimum absolute atomic E-state index is 0.123. The van der Waals surface area contributed by atoms with Crippen LogP contribution in [0.5, 0.6) is 17.2 Å². The minimum atomic E-state index is -1.06. The van der Waals surface area contributed by atoms with E-state index in [9.17, 15) is 19.9 Å². The maximum absolute atomic E-state index is 13.4. The Hall–Kier alpha value is -5.49.